The fourth-order valence-electron chi connectivity index (χ4n) is 2.61. The maximum atomic E-state index is 10.9. The number of hydrogen-bond donors (Lipinski definition) is 2. The standard InChI is InChI=1S/C8H13NO3.ClH/c1-7-3-8(4-7,6(10)11)5(2-9)12-7;/h5H,2-4,9H2,1H3,(H,10,11);1H. The summed E-state index contributed by atoms with van der Waals surface area (Å²) in [6.07, 6.45) is 0.967. The molecule has 1 unspecified atom stereocenters. The molecule has 4 nitrogen and oxygen atoms in total. The molecular weight excluding hydrogens is 194 g/mol. The highest BCUT2D eigenvalue weighted by Crippen LogP contribution is 2.61. The molecule has 2 bridgehead atoms. The Kier molecular flexibility index (Phi) is 2.35. The maximum absolute atomic E-state index is 10.9. The number of nitrogens with two attached hydrogens (primary N) is 1. The molecule has 5 heteroatoms. The Labute approximate surface area is 82.8 Å². The SMILES string of the molecule is CC12CC(C(=O)O)(C1)C(CN)O2.Cl. The quantitative estimate of drug-likeness (QED) is 0.687. The monoisotopic (exact) mass is 207 g/mol. The largest absolute Gasteiger partial charge is 0.481 e. The molecule has 0 aromatic heterocycles. The van der Waals surface area contributed by atoms with Gasteiger partial charge in [-0.25, -0.2) is 0 Å². The Bertz CT molecular complexity index is 238. The molecule has 0 spiro atoms. The molecule has 2 aliphatic heterocycles. The average Bonchev–Trinajstić information content (AvgIpc) is 2.36. The highest BCUT2D eigenvalue weighted by Gasteiger charge is 2.69. The van der Waals surface area contributed by atoms with Gasteiger partial charge in [0.05, 0.1) is 11.7 Å². The topological polar surface area (TPSA) is 72.5 Å². The van der Waals surface area contributed by atoms with Crippen LogP contribution in [0.25, 0.3) is 0 Å². The molecule has 1 saturated carbocycles. The van der Waals surface area contributed by atoms with Crippen molar-refractivity contribution in [2.75, 3.05) is 6.54 Å². The molecule has 1 atom stereocenters. The third-order valence-electron chi connectivity index (χ3n) is 3.06. The first-order chi connectivity index (χ1) is 5.52. The lowest BCUT2D eigenvalue weighted by molar-refractivity contribution is -0.154. The number of carboxylic acids is 1. The molecule has 0 radical (unpaired) electrons. The maximum Gasteiger partial charge on any atom is 0.312 e. The van der Waals surface area contributed by atoms with Crippen LogP contribution in [0.15, 0.2) is 0 Å². The number of ether oxygens (including phenoxy) is 1. The van der Waals surface area contributed by atoms with E-state index in [-0.39, 0.29) is 24.1 Å². The van der Waals surface area contributed by atoms with Gasteiger partial charge < -0.3 is 15.6 Å². The molecule has 0 aromatic rings. The smallest absolute Gasteiger partial charge is 0.312 e. The van der Waals surface area contributed by atoms with Crippen molar-refractivity contribution in [2.45, 2.75) is 31.5 Å². The van der Waals surface area contributed by atoms with E-state index in [0.717, 1.165) is 0 Å². The van der Waals surface area contributed by atoms with Crippen LogP contribution in [-0.4, -0.2) is 29.3 Å². The molecule has 3 aliphatic rings. The van der Waals surface area contributed by atoms with Gasteiger partial charge >= 0.3 is 5.97 Å². The van der Waals surface area contributed by atoms with Crippen LogP contribution in [0.1, 0.15) is 19.8 Å². The van der Waals surface area contributed by atoms with Crippen LogP contribution in [0.3, 0.4) is 0 Å². The highest BCUT2D eigenvalue weighted by molar-refractivity contribution is 5.85. The molecule has 2 saturated heterocycles. The summed E-state index contributed by atoms with van der Waals surface area (Å²) in [5.41, 5.74) is 4.58. The number of fused-ring (bicyclic) bond motifs is 1. The minimum absolute atomic E-state index is 0. The first-order valence-corrected chi connectivity index (χ1v) is 4.14. The average molecular weight is 208 g/mol. The summed E-state index contributed by atoms with van der Waals surface area (Å²) in [5.74, 6) is -0.757. The second-order valence-electron chi connectivity index (χ2n) is 4.11. The second-order valence-corrected chi connectivity index (χ2v) is 4.11. The summed E-state index contributed by atoms with van der Waals surface area (Å²) in [6.45, 7) is 2.26. The Balaban J connectivity index is 0.000000845. The molecular formula is C8H14ClNO3. The lowest BCUT2D eigenvalue weighted by Crippen LogP contribution is -2.50. The van der Waals surface area contributed by atoms with Gasteiger partial charge in [0.2, 0.25) is 0 Å². The van der Waals surface area contributed by atoms with Crippen LogP contribution >= 0.6 is 12.4 Å². The molecule has 3 fully saturated rings. The first-order valence-electron chi connectivity index (χ1n) is 4.14. The van der Waals surface area contributed by atoms with Gasteiger partial charge in [0.1, 0.15) is 5.41 Å². The van der Waals surface area contributed by atoms with E-state index in [1.807, 2.05) is 6.92 Å². The van der Waals surface area contributed by atoms with Crippen LogP contribution < -0.4 is 5.73 Å². The number of halogens is 1. The molecule has 0 amide bonds. The van der Waals surface area contributed by atoms with Gasteiger partial charge in [0.15, 0.2) is 0 Å². The van der Waals surface area contributed by atoms with Crippen molar-refractivity contribution >= 4 is 18.4 Å². The third-order valence-corrected chi connectivity index (χ3v) is 3.06. The fourth-order valence-corrected chi connectivity index (χ4v) is 2.61. The normalized spacial score (nSPS) is 46.5. The van der Waals surface area contributed by atoms with E-state index < -0.39 is 11.4 Å². The molecule has 1 aliphatic carbocycles. The Morgan fingerprint density at radius 2 is 2.23 bits per heavy atom. The Hall–Kier alpha value is -0.320. The predicted octanol–water partition coefficient (Wildman–Crippen LogP) is 0.389. The van der Waals surface area contributed by atoms with Crippen LogP contribution in [0.5, 0.6) is 0 Å². The summed E-state index contributed by atoms with van der Waals surface area (Å²) < 4.78 is 5.53. The summed E-state index contributed by atoms with van der Waals surface area (Å²) in [6, 6.07) is 0. The molecule has 3 rings (SSSR count). The van der Waals surface area contributed by atoms with Crippen molar-refractivity contribution in [3.63, 3.8) is 0 Å². The fraction of sp³-hybridized carbons (Fsp3) is 0.875. The number of aliphatic carboxylic acids is 1. The van der Waals surface area contributed by atoms with Crippen molar-refractivity contribution in [1.29, 1.82) is 0 Å². The molecule has 13 heavy (non-hydrogen) atoms. The van der Waals surface area contributed by atoms with E-state index >= 15 is 0 Å². The van der Waals surface area contributed by atoms with Crippen molar-refractivity contribution in [1.82, 2.24) is 0 Å². The van der Waals surface area contributed by atoms with E-state index in [4.69, 9.17) is 15.6 Å². The molecule has 0 aromatic carbocycles. The van der Waals surface area contributed by atoms with Crippen LogP contribution in [0.2, 0.25) is 0 Å². The zero-order valence-corrected chi connectivity index (χ0v) is 8.26. The first kappa shape index (κ1) is 10.8. The van der Waals surface area contributed by atoms with Crippen LogP contribution in [-0.2, 0) is 9.53 Å². The minimum atomic E-state index is -0.757. The van der Waals surface area contributed by atoms with Gasteiger partial charge in [0, 0.05) is 6.54 Å². The van der Waals surface area contributed by atoms with Crippen LogP contribution in [0, 0.1) is 5.41 Å². The van der Waals surface area contributed by atoms with Crippen molar-refractivity contribution < 1.29 is 14.6 Å². The van der Waals surface area contributed by atoms with E-state index in [9.17, 15) is 4.79 Å². The van der Waals surface area contributed by atoms with E-state index in [2.05, 4.69) is 0 Å². The summed E-state index contributed by atoms with van der Waals surface area (Å²) in [4.78, 5) is 10.9. The van der Waals surface area contributed by atoms with Gasteiger partial charge in [-0.15, -0.1) is 12.4 Å². The van der Waals surface area contributed by atoms with E-state index in [0.29, 0.717) is 19.4 Å². The Morgan fingerprint density at radius 1 is 1.69 bits per heavy atom. The molecule has 76 valence electrons. The summed E-state index contributed by atoms with van der Waals surface area (Å²) in [5, 5.41) is 8.99. The molecule has 3 N–H and O–H groups in total. The zero-order chi connectivity index (χ0) is 8.98. The molecule has 2 heterocycles. The van der Waals surface area contributed by atoms with Crippen molar-refractivity contribution in [3.8, 4) is 0 Å². The third kappa shape index (κ3) is 1.16. The van der Waals surface area contributed by atoms with Gasteiger partial charge in [-0.3, -0.25) is 4.79 Å². The second kappa shape index (κ2) is 2.83. The number of rotatable bonds is 2. The van der Waals surface area contributed by atoms with E-state index in [1.165, 1.54) is 0 Å². The zero-order valence-electron chi connectivity index (χ0n) is 7.45. The summed E-state index contributed by atoms with van der Waals surface area (Å²) in [7, 11) is 0. The number of carboxylic acid groups (broad SMARTS) is 1. The van der Waals surface area contributed by atoms with Gasteiger partial charge in [-0.05, 0) is 19.8 Å². The van der Waals surface area contributed by atoms with E-state index in [1.54, 1.807) is 0 Å². The lowest BCUT2D eigenvalue weighted by Gasteiger charge is -2.39. The van der Waals surface area contributed by atoms with Gasteiger partial charge in [-0.2, -0.15) is 0 Å². The lowest BCUT2D eigenvalue weighted by atomic mass is 9.61. The van der Waals surface area contributed by atoms with Crippen molar-refractivity contribution in [2.24, 2.45) is 11.1 Å². The summed E-state index contributed by atoms with van der Waals surface area (Å²) >= 11 is 0. The number of hydrogen-bond acceptors (Lipinski definition) is 3. The van der Waals surface area contributed by atoms with Crippen LogP contribution in [0.4, 0.5) is 0 Å². The minimum Gasteiger partial charge on any atom is -0.481 e. The van der Waals surface area contributed by atoms with Gasteiger partial charge in [-0.1, -0.05) is 0 Å². The van der Waals surface area contributed by atoms with Crippen molar-refractivity contribution in [3.05, 3.63) is 0 Å². The Morgan fingerprint density at radius 3 is 2.54 bits per heavy atom. The van der Waals surface area contributed by atoms with Gasteiger partial charge in [0.25, 0.3) is 0 Å². The predicted molar refractivity (Wildman–Crippen MR) is 48.9 cm³/mol. The number of carbonyl (C=O) groups is 1. The highest BCUT2D eigenvalue weighted by atomic mass is 35.5.